The van der Waals surface area contributed by atoms with Crippen LogP contribution in [0.4, 0.5) is 0 Å². The van der Waals surface area contributed by atoms with Crippen molar-refractivity contribution in [2.45, 2.75) is 25.9 Å². The predicted molar refractivity (Wildman–Crippen MR) is 121 cm³/mol. The molecule has 2 unspecified atom stereocenters. The van der Waals surface area contributed by atoms with E-state index < -0.39 is 5.56 Å². The van der Waals surface area contributed by atoms with Crippen LogP contribution in [0.5, 0.6) is 0 Å². The largest absolute Gasteiger partial charge is 0.317 e. The average Bonchev–Trinajstić information content (AvgIpc) is 3.23. The Balaban J connectivity index is 1.60. The molecule has 5 rings (SSSR count). The van der Waals surface area contributed by atoms with Crippen molar-refractivity contribution < 1.29 is 4.79 Å². The first-order chi connectivity index (χ1) is 15.6. The third-order valence-corrected chi connectivity index (χ3v) is 6.09. The van der Waals surface area contributed by atoms with Crippen LogP contribution in [-0.2, 0) is 6.42 Å². The Hall–Kier alpha value is -3.87. The van der Waals surface area contributed by atoms with Gasteiger partial charge in [0.15, 0.2) is 11.2 Å². The molecule has 7 heteroatoms. The van der Waals surface area contributed by atoms with E-state index in [4.69, 9.17) is 0 Å². The Morgan fingerprint density at radius 3 is 2.53 bits per heavy atom. The van der Waals surface area contributed by atoms with Gasteiger partial charge in [-0.05, 0) is 37.5 Å². The van der Waals surface area contributed by atoms with E-state index in [0.717, 1.165) is 18.4 Å². The lowest BCUT2D eigenvalue weighted by Gasteiger charge is -2.31. The van der Waals surface area contributed by atoms with Crippen molar-refractivity contribution in [3.8, 4) is 0 Å². The van der Waals surface area contributed by atoms with Crippen LogP contribution in [0.15, 0.2) is 78.1 Å². The zero-order chi connectivity index (χ0) is 22.1. The molecule has 0 bridgehead atoms. The molecule has 1 saturated heterocycles. The lowest BCUT2D eigenvalue weighted by Crippen LogP contribution is -2.37. The molecule has 0 saturated carbocycles. The number of benzene rings is 2. The molecule has 2 aromatic heterocycles. The van der Waals surface area contributed by atoms with E-state index in [0.29, 0.717) is 17.8 Å². The van der Waals surface area contributed by atoms with Crippen molar-refractivity contribution in [3.05, 3.63) is 100 Å². The van der Waals surface area contributed by atoms with Gasteiger partial charge < -0.3 is 4.90 Å². The number of nitrogens with zero attached hydrogens (tertiary/aromatic N) is 5. The standard InChI is InChI=1S/C25H23N5O2/c1-17-7-9-19(10-8-17)25(32)29-14-11-20(15-18-5-3-2-4-6-18)24(29)30-16-28-23(31)21-22(30)27-13-12-26-21/h2-10,12-13,16,20,24H,11,14-15H2,1H3. The third-order valence-electron chi connectivity index (χ3n) is 6.09. The lowest BCUT2D eigenvalue weighted by molar-refractivity contribution is 0.0644. The van der Waals surface area contributed by atoms with E-state index in [2.05, 4.69) is 27.1 Å². The van der Waals surface area contributed by atoms with Gasteiger partial charge in [-0.25, -0.2) is 9.97 Å². The minimum atomic E-state index is -0.418. The van der Waals surface area contributed by atoms with E-state index in [1.54, 1.807) is 6.20 Å². The first-order valence-electron chi connectivity index (χ1n) is 10.7. The zero-order valence-corrected chi connectivity index (χ0v) is 17.8. The maximum Gasteiger partial charge on any atom is 0.300 e. The molecule has 3 heterocycles. The molecule has 0 N–H and O–H groups in total. The SMILES string of the molecule is Cc1ccc(C(=O)N2CCC(Cc3ccccc3)C2n2cnc(=O)c3nccnc32)cc1. The minimum absolute atomic E-state index is 0.0405. The molecule has 4 aromatic rings. The maximum absolute atomic E-state index is 13.5. The summed E-state index contributed by atoms with van der Waals surface area (Å²) in [5.41, 5.74) is 3.19. The van der Waals surface area contributed by atoms with Crippen LogP contribution in [0.25, 0.3) is 11.2 Å². The predicted octanol–water partition coefficient (Wildman–Crippen LogP) is 3.40. The highest BCUT2D eigenvalue weighted by atomic mass is 16.2. The second-order valence-electron chi connectivity index (χ2n) is 8.20. The number of amides is 1. The van der Waals surface area contributed by atoms with Crippen LogP contribution in [0, 0.1) is 12.8 Å². The smallest absolute Gasteiger partial charge is 0.300 e. The number of likely N-dealkylation sites (tertiary alicyclic amines) is 1. The number of aromatic nitrogens is 4. The number of hydrogen-bond donors (Lipinski definition) is 0. The normalized spacial score (nSPS) is 18.2. The van der Waals surface area contributed by atoms with Gasteiger partial charge in [0.2, 0.25) is 0 Å². The third kappa shape index (κ3) is 3.66. The molecule has 0 aliphatic carbocycles. The summed E-state index contributed by atoms with van der Waals surface area (Å²) in [6, 6.07) is 17.9. The fraction of sp³-hybridized carbons (Fsp3) is 0.240. The van der Waals surface area contributed by atoms with E-state index in [-0.39, 0.29) is 23.5 Å². The summed E-state index contributed by atoms with van der Waals surface area (Å²) in [5.74, 6) is 0.0996. The second-order valence-corrected chi connectivity index (χ2v) is 8.20. The summed E-state index contributed by atoms with van der Waals surface area (Å²) in [6.07, 6.45) is 5.87. The highest BCUT2D eigenvalue weighted by molar-refractivity contribution is 5.94. The molecule has 1 fully saturated rings. The first kappa shape index (κ1) is 20.1. The van der Waals surface area contributed by atoms with E-state index in [1.807, 2.05) is 58.9 Å². The summed E-state index contributed by atoms with van der Waals surface area (Å²) in [7, 11) is 0. The molecule has 1 aliphatic rings. The molecular weight excluding hydrogens is 402 g/mol. The number of carbonyl (C=O) groups is 1. The number of hydrogen-bond acceptors (Lipinski definition) is 5. The highest BCUT2D eigenvalue weighted by Gasteiger charge is 2.39. The van der Waals surface area contributed by atoms with Gasteiger partial charge in [0, 0.05) is 30.4 Å². The maximum atomic E-state index is 13.5. The fourth-order valence-corrected chi connectivity index (χ4v) is 4.52. The molecule has 32 heavy (non-hydrogen) atoms. The number of carbonyl (C=O) groups excluding carboxylic acids is 1. The van der Waals surface area contributed by atoms with Gasteiger partial charge in [0.25, 0.3) is 5.91 Å². The van der Waals surface area contributed by atoms with Crippen molar-refractivity contribution in [1.82, 2.24) is 24.4 Å². The van der Waals surface area contributed by atoms with E-state index in [9.17, 15) is 9.59 Å². The summed E-state index contributed by atoms with van der Waals surface area (Å²) in [5, 5.41) is 0. The minimum Gasteiger partial charge on any atom is -0.317 e. The molecule has 160 valence electrons. The molecule has 1 aliphatic heterocycles. The Bertz CT molecular complexity index is 1320. The molecule has 7 nitrogen and oxygen atoms in total. The molecule has 2 atom stereocenters. The summed E-state index contributed by atoms with van der Waals surface area (Å²) in [4.78, 5) is 40.4. The Morgan fingerprint density at radius 2 is 1.75 bits per heavy atom. The zero-order valence-electron chi connectivity index (χ0n) is 17.8. The number of rotatable bonds is 4. The topological polar surface area (TPSA) is 81.0 Å². The number of fused-ring (bicyclic) bond motifs is 1. The Morgan fingerprint density at radius 1 is 1.00 bits per heavy atom. The van der Waals surface area contributed by atoms with E-state index in [1.165, 1.54) is 18.1 Å². The average molecular weight is 425 g/mol. The van der Waals surface area contributed by atoms with Gasteiger partial charge in [-0.1, -0.05) is 48.0 Å². The molecule has 1 amide bonds. The van der Waals surface area contributed by atoms with Crippen LogP contribution in [-0.4, -0.2) is 36.9 Å². The first-order valence-corrected chi connectivity index (χ1v) is 10.7. The Kier molecular flexibility index (Phi) is 5.23. The molecule has 2 aromatic carbocycles. The summed E-state index contributed by atoms with van der Waals surface area (Å²) in [6.45, 7) is 2.61. The van der Waals surface area contributed by atoms with Crippen molar-refractivity contribution in [2.75, 3.05) is 6.54 Å². The molecule has 0 radical (unpaired) electrons. The van der Waals surface area contributed by atoms with Gasteiger partial charge in [0.1, 0.15) is 12.5 Å². The van der Waals surface area contributed by atoms with Crippen molar-refractivity contribution in [1.29, 1.82) is 0 Å². The van der Waals surface area contributed by atoms with Gasteiger partial charge in [-0.15, -0.1) is 0 Å². The van der Waals surface area contributed by atoms with Crippen molar-refractivity contribution in [3.63, 3.8) is 0 Å². The molecular formula is C25H23N5O2. The van der Waals surface area contributed by atoms with Crippen LogP contribution in [0.2, 0.25) is 0 Å². The summed E-state index contributed by atoms with van der Waals surface area (Å²) >= 11 is 0. The van der Waals surface area contributed by atoms with Gasteiger partial charge in [-0.2, -0.15) is 4.98 Å². The quantitative estimate of drug-likeness (QED) is 0.501. The van der Waals surface area contributed by atoms with Crippen LogP contribution in [0.3, 0.4) is 0 Å². The van der Waals surface area contributed by atoms with E-state index >= 15 is 0 Å². The van der Waals surface area contributed by atoms with Gasteiger partial charge >= 0.3 is 5.56 Å². The van der Waals surface area contributed by atoms with Crippen LogP contribution < -0.4 is 5.56 Å². The lowest BCUT2D eigenvalue weighted by atomic mass is 9.96. The fourth-order valence-electron chi connectivity index (χ4n) is 4.52. The van der Waals surface area contributed by atoms with Gasteiger partial charge in [0.05, 0.1) is 0 Å². The Labute approximate surface area is 185 Å². The second kappa shape index (κ2) is 8.34. The van der Waals surface area contributed by atoms with Crippen molar-refractivity contribution in [2.24, 2.45) is 5.92 Å². The van der Waals surface area contributed by atoms with Crippen molar-refractivity contribution >= 4 is 17.1 Å². The monoisotopic (exact) mass is 425 g/mol. The van der Waals surface area contributed by atoms with Crippen LogP contribution >= 0.6 is 0 Å². The summed E-state index contributed by atoms with van der Waals surface area (Å²) < 4.78 is 1.84. The number of aryl methyl sites for hydroxylation is 1. The highest BCUT2D eigenvalue weighted by Crippen LogP contribution is 2.37. The van der Waals surface area contributed by atoms with Crippen LogP contribution in [0.1, 0.15) is 34.1 Å². The molecule has 0 spiro atoms. The van der Waals surface area contributed by atoms with Gasteiger partial charge in [-0.3, -0.25) is 14.2 Å².